The van der Waals surface area contributed by atoms with E-state index in [4.69, 9.17) is 9.47 Å². The van der Waals surface area contributed by atoms with Gasteiger partial charge in [-0.3, -0.25) is 10.1 Å². The molecule has 5 nitrogen and oxygen atoms in total. The molecule has 0 radical (unpaired) electrons. The van der Waals surface area contributed by atoms with Crippen molar-refractivity contribution in [2.75, 3.05) is 6.79 Å². The van der Waals surface area contributed by atoms with Gasteiger partial charge in [0, 0.05) is 5.56 Å². The summed E-state index contributed by atoms with van der Waals surface area (Å²) in [5.74, 6) is 1.02. The van der Waals surface area contributed by atoms with E-state index in [0.29, 0.717) is 17.1 Å². The van der Waals surface area contributed by atoms with Crippen LogP contribution in [0.2, 0.25) is 0 Å². The van der Waals surface area contributed by atoms with Crippen molar-refractivity contribution in [2.45, 2.75) is 33.6 Å². The molecule has 0 saturated carbocycles. The zero-order valence-corrected chi connectivity index (χ0v) is 9.44. The van der Waals surface area contributed by atoms with Crippen molar-refractivity contribution in [3.63, 3.8) is 0 Å². The van der Waals surface area contributed by atoms with Crippen LogP contribution in [0.15, 0.2) is 12.1 Å². The fourth-order valence-electron chi connectivity index (χ4n) is 1.68. The Kier molecular flexibility index (Phi) is 3.31. The minimum Gasteiger partial charge on any atom is -0.454 e. The van der Waals surface area contributed by atoms with Crippen molar-refractivity contribution < 1.29 is 14.4 Å². The molecule has 1 aromatic rings. The lowest BCUT2D eigenvalue weighted by molar-refractivity contribution is -0.386. The minimum atomic E-state index is -0.386. The van der Waals surface area contributed by atoms with Crippen LogP contribution in [0.5, 0.6) is 11.5 Å². The van der Waals surface area contributed by atoms with Crippen molar-refractivity contribution in [3.8, 4) is 11.5 Å². The molecule has 0 aliphatic carbocycles. The third kappa shape index (κ3) is 2.33. The van der Waals surface area contributed by atoms with Crippen LogP contribution in [0.3, 0.4) is 0 Å². The van der Waals surface area contributed by atoms with Crippen LogP contribution >= 0.6 is 0 Å². The van der Waals surface area contributed by atoms with E-state index in [1.807, 2.05) is 20.8 Å². The molecule has 0 saturated heterocycles. The second-order valence-corrected chi connectivity index (χ2v) is 4.73. The van der Waals surface area contributed by atoms with Gasteiger partial charge in [0.25, 0.3) is 5.69 Å². The van der Waals surface area contributed by atoms with Crippen LogP contribution < -0.4 is 9.47 Å². The highest BCUT2D eigenvalue weighted by molar-refractivity contribution is 5.57. The fourth-order valence-corrected chi connectivity index (χ4v) is 1.68. The lowest BCUT2D eigenvalue weighted by Gasteiger charge is -2.19. The topological polar surface area (TPSA) is 61.6 Å². The summed E-state index contributed by atoms with van der Waals surface area (Å²) in [6.45, 7) is 5.91. The molecular weight excluding hydrogens is 222 g/mol. The molecule has 1 aliphatic heterocycles. The van der Waals surface area contributed by atoms with Gasteiger partial charge in [0.05, 0.1) is 11.0 Å². The Bertz CT molecular complexity index is 449. The maximum atomic E-state index is 11.0. The van der Waals surface area contributed by atoms with Gasteiger partial charge in [-0.2, -0.15) is 0 Å². The molecule has 0 bridgehead atoms. The van der Waals surface area contributed by atoms with Crippen molar-refractivity contribution >= 4 is 5.69 Å². The van der Waals surface area contributed by atoms with E-state index in [2.05, 4.69) is 0 Å². The molecule has 1 aliphatic rings. The monoisotopic (exact) mass is 239 g/mol. The van der Waals surface area contributed by atoms with Crippen LogP contribution in [0.4, 0.5) is 5.69 Å². The molecule has 0 fully saturated rings. The van der Waals surface area contributed by atoms with Crippen LogP contribution in [-0.2, 0) is 5.41 Å². The SMILES string of the molecule is C.CC(C)(C)c1cc2c(cc1[N+](=O)[O-])OCO2. The molecule has 17 heavy (non-hydrogen) atoms. The molecule has 1 aromatic carbocycles. The third-order valence-corrected chi connectivity index (χ3v) is 2.50. The second-order valence-electron chi connectivity index (χ2n) is 4.73. The zero-order chi connectivity index (χ0) is 11.9. The number of nitrogens with zero attached hydrogens (tertiary/aromatic N) is 1. The summed E-state index contributed by atoms with van der Waals surface area (Å²) in [5.41, 5.74) is 0.433. The maximum absolute atomic E-state index is 11.0. The number of nitro benzene ring substituents is 1. The predicted molar refractivity (Wildman–Crippen MR) is 64.7 cm³/mol. The first kappa shape index (κ1) is 13.3. The van der Waals surface area contributed by atoms with Gasteiger partial charge in [-0.1, -0.05) is 28.2 Å². The standard InChI is InChI=1S/C11H13NO4.CH4/c1-11(2,3)7-4-9-10(16-6-15-9)5-8(7)12(13)14;/h4-5H,6H2,1-3H3;1H4. The molecule has 0 aromatic heterocycles. The van der Waals surface area contributed by atoms with Gasteiger partial charge in [-0.25, -0.2) is 0 Å². The van der Waals surface area contributed by atoms with Crippen molar-refractivity contribution in [1.82, 2.24) is 0 Å². The maximum Gasteiger partial charge on any atom is 0.277 e. The average molecular weight is 239 g/mol. The highest BCUT2D eigenvalue weighted by Crippen LogP contribution is 2.42. The summed E-state index contributed by atoms with van der Waals surface area (Å²) in [4.78, 5) is 10.6. The molecule has 0 amide bonds. The molecule has 0 atom stereocenters. The van der Waals surface area contributed by atoms with E-state index in [-0.39, 0.29) is 30.2 Å². The highest BCUT2D eigenvalue weighted by atomic mass is 16.7. The van der Waals surface area contributed by atoms with Crippen molar-refractivity contribution in [2.24, 2.45) is 0 Å². The first-order valence-electron chi connectivity index (χ1n) is 4.98. The fraction of sp³-hybridized carbons (Fsp3) is 0.500. The van der Waals surface area contributed by atoms with Crippen LogP contribution in [0.1, 0.15) is 33.8 Å². The Labute approximate surface area is 101 Å². The van der Waals surface area contributed by atoms with Crippen LogP contribution in [-0.4, -0.2) is 11.7 Å². The average Bonchev–Trinajstić information content (AvgIpc) is 2.60. The number of ether oxygens (including phenoxy) is 2. The number of benzene rings is 1. The summed E-state index contributed by atoms with van der Waals surface area (Å²) in [5, 5.41) is 11.0. The Morgan fingerprint density at radius 2 is 1.76 bits per heavy atom. The molecule has 1 heterocycles. The van der Waals surface area contributed by atoms with Crippen molar-refractivity contribution in [1.29, 1.82) is 0 Å². The molecule has 94 valence electrons. The van der Waals surface area contributed by atoms with E-state index in [9.17, 15) is 10.1 Å². The number of nitro groups is 1. The van der Waals surface area contributed by atoms with Gasteiger partial charge in [0.1, 0.15) is 0 Å². The van der Waals surface area contributed by atoms with Gasteiger partial charge in [0.2, 0.25) is 6.79 Å². The third-order valence-electron chi connectivity index (χ3n) is 2.50. The lowest BCUT2D eigenvalue weighted by atomic mass is 9.85. The Morgan fingerprint density at radius 1 is 1.24 bits per heavy atom. The van der Waals surface area contributed by atoms with Crippen LogP contribution in [0.25, 0.3) is 0 Å². The van der Waals surface area contributed by atoms with E-state index in [1.165, 1.54) is 6.07 Å². The van der Waals surface area contributed by atoms with Gasteiger partial charge in [-0.05, 0) is 11.5 Å². The molecule has 0 spiro atoms. The summed E-state index contributed by atoms with van der Waals surface area (Å²) in [6, 6.07) is 3.13. The Balaban J connectivity index is 0.00000144. The van der Waals surface area contributed by atoms with Crippen LogP contribution in [0, 0.1) is 10.1 Å². The highest BCUT2D eigenvalue weighted by Gasteiger charge is 2.29. The van der Waals surface area contributed by atoms with Gasteiger partial charge < -0.3 is 9.47 Å². The quantitative estimate of drug-likeness (QED) is 0.557. The molecule has 2 rings (SSSR count). The smallest absolute Gasteiger partial charge is 0.277 e. The molecule has 0 unspecified atom stereocenters. The van der Waals surface area contributed by atoms with E-state index >= 15 is 0 Å². The van der Waals surface area contributed by atoms with Crippen molar-refractivity contribution in [3.05, 3.63) is 27.8 Å². The van der Waals surface area contributed by atoms with Gasteiger partial charge in [0.15, 0.2) is 11.5 Å². The van der Waals surface area contributed by atoms with Gasteiger partial charge >= 0.3 is 0 Å². The largest absolute Gasteiger partial charge is 0.454 e. The number of hydrogen-bond acceptors (Lipinski definition) is 4. The summed E-state index contributed by atoms with van der Waals surface area (Å²) in [7, 11) is 0. The van der Waals surface area contributed by atoms with E-state index < -0.39 is 0 Å². The predicted octanol–water partition coefficient (Wildman–Crippen LogP) is 3.26. The number of hydrogen-bond donors (Lipinski definition) is 0. The van der Waals surface area contributed by atoms with E-state index in [1.54, 1.807) is 6.07 Å². The lowest BCUT2D eigenvalue weighted by Crippen LogP contribution is -2.13. The normalized spacial score (nSPS) is 13.1. The number of fused-ring (bicyclic) bond motifs is 1. The summed E-state index contributed by atoms with van der Waals surface area (Å²) < 4.78 is 10.4. The Morgan fingerprint density at radius 3 is 2.24 bits per heavy atom. The first-order valence-corrected chi connectivity index (χ1v) is 4.98. The number of rotatable bonds is 1. The summed E-state index contributed by atoms with van der Waals surface area (Å²) >= 11 is 0. The summed E-state index contributed by atoms with van der Waals surface area (Å²) in [6.07, 6.45) is 0. The van der Waals surface area contributed by atoms with E-state index in [0.717, 1.165) is 0 Å². The first-order chi connectivity index (χ1) is 7.39. The molecule has 0 N–H and O–H groups in total. The molecule has 5 heteroatoms. The second kappa shape index (κ2) is 4.24. The van der Waals surface area contributed by atoms with Gasteiger partial charge in [-0.15, -0.1) is 0 Å². The zero-order valence-electron chi connectivity index (χ0n) is 9.44. The molecular formula is C12H17NO4. The Hall–Kier alpha value is -1.78. The minimum absolute atomic E-state index is 0.